The van der Waals surface area contributed by atoms with Gasteiger partial charge in [0.05, 0.1) is 0 Å². The van der Waals surface area contributed by atoms with Crippen molar-refractivity contribution < 1.29 is 0 Å². The zero-order valence-electron chi connectivity index (χ0n) is 6.15. The number of hydrogen-bond acceptors (Lipinski definition) is 1. The van der Waals surface area contributed by atoms with Crippen LogP contribution in [0.1, 0.15) is 20.3 Å². The van der Waals surface area contributed by atoms with Gasteiger partial charge in [0, 0.05) is 13.1 Å². The Labute approximate surface area is 56.3 Å². The molecule has 3 N–H and O–H groups in total. The van der Waals surface area contributed by atoms with Gasteiger partial charge in [-0.05, 0) is 13.3 Å². The summed E-state index contributed by atoms with van der Waals surface area (Å²) in [5, 5.41) is 7.06. The smallest absolute Gasteiger partial charge is 0.188 e. The van der Waals surface area contributed by atoms with Crippen molar-refractivity contribution in [2.24, 2.45) is 5.73 Å². The number of rotatable bonds is 3. The molecular formula is C6H15N3. The van der Waals surface area contributed by atoms with Crippen molar-refractivity contribution in [2.75, 3.05) is 13.1 Å². The third-order valence-electron chi connectivity index (χ3n) is 1.22. The van der Waals surface area contributed by atoms with Crippen molar-refractivity contribution in [1.82, 2.24) is 4.90 Å². The summed E-state index contributed by atoms with van der Waals surface area (Å²) in [6, 6.07) is 0. The van der Waals surface area contributed by atoms with E-state index >= 15 is 0 Å². The van der Waals surface area contributed by atoms with E-state index in [4.69, 9.17) is 11.1 Å². The maximum absolute atomic E-state index is 7.06. The summed E-state index contributed by atoms with van der Waals surface area (Å²) < 4.78 is 0. The Bertz CT molecular complexity index is 90.3. The van der Waals surface area contributed by atoms with Crippen LogP contribution < -0.4 is 5.73 Å². The molecule has 0 atom stereocenters. The second-order valence-electron chi connectivity index (χ2n) is 1.96. The highest BCUT2D eigenvalue weighted by atomic mass is 15.2. The fourth-order valence-electron chi connectivity index (χ4n) is 0.719. The Morgan fingerprint density at radius 3 is 2.22 bits per heavy atom. The number of hydrogen-bond donors (Lipinski definition) is 2. The van der Waals surface area contributed by atoms with Crippen LogP contribution in [0.15, 0.2) is 0 Å². The summed E-state index contributed by atoms with van der Waals surface area (Å²) in [6.07, 6.45) is 1.05. The molecule has 3 nitrogen and oxygen atoms in total. The molecular weight excluding hydrogens is 114 g/mol. The topological polar surface area (TPSA) is 53.1 Å². The lowest BCUT2D eigenvalue weighted by Gasteiger charge is -2.18. The van der Waals surface area contributed by atoms with Crippen LogP contribution >= 0.6 is 0 Å². The molecule has 0 amide bonds. The minimum Gasteiger partial charge on any atom is -0.370 e. The molecule has 0 radical (unpaired) electrons. The molecule has 9 heavy (non-hydrogen) atoms. The van der Waals surface area contributed by atoms with Crippen molar-refractivity contribution in [3.05, 3.63) is 0 Å². The quantitative estimate of drug-likeness (QED) is 0.433. The minimum absolute atomic E-state index is 0.180. The fourth-order valence-corrected chi connectivity index (χ4v) is 0.719. The van der Waals surface area contributed by atoms with Crippen molar-refractivity contribution in [3.63, 3.8) is 0 Å². The molecule has 0 aliphatic rings. The maximum atomic E-state index is 7.06. The van der Waals surface area contributed by atoms with E-state index in [-0.39, 0.29) is 5.96 Å². The summed E-state index contributed by atoms with van der Waals surface area (Å²) in [4.78, 5) is 1.83. The van der Waals surface area contributed by atoms with Crippen LogP contribution in [0.25, 0.3) is 0 Å². The molecule has 0 bridgehead atoms. The summed E-state index contributed by atoms with van der Waals surface area (Å²) in [5.41, 5.74) is 5.24. The van der Waals surface area contributed by atoms with Crippen LogP contribution in [0.5, 0.6) is 0 Å². The lowest BCUT2D eigenvalue weighted by atomic mass is 10.4. The summed E-state index contributed by atoms with van der Waals surface area (Å²) in [7, 11) is 0. The van der Waals surface area contributed by atoms with E-state index in [9.17, 15) is 0 Å². The first-order chi connectivity index (χ1) is 4.22. The third-order valence-corrected chi connectivity index (χ3v) is 1.22. The molecule has 3 heteroatoms. The molecule has 54 valence electrons. The highest BCUT2D eigenvalue weighted by Crippen LogP contribution is 1.87. The SMILES string of the molecule is CCCN(CC)C(=N)N. The molecule has 0 fully saturated rings. The monoisotopic (exact) mass is 129 g/mol. The Hall–Kier alpha value is -0.730. The van der Waals surface area contributed by atoms with Gasteiger partial charge >= 0.3 is 0 Å². The number of guanidine groups is 1. The van der Waals surface area contributed by atoms with E-state index in [1.807, 2.05) is 11.8 Å². The highest BCUT2D eigenvalue weighted by molar-refractivity contribution is 5.74. The van der Waals surface area contributed by atoms with E-state index in [2.05, 4.69) is 6.92 Å². The number of nitrogens with two attached hydrogens (primary N) is 1. The van der Waals surface area contributed by atoms with E-state index in [1.165, 1.54) is 0 Å². The fraction of sp³-hybridized carbons (Fsp3) is 0.833. The predicted molar refractivity (Wildman–Crippen MR) is 39.5 cm³/mol. The van der Waals surface area contributed by atoms with Crippen molar-refractivity contribution in [1.29, 1.82) is 5.41 Å². The van der Waals surface area contributed by atoms with Gasteiger partial charge in [0.15, 0.2) is 5.96 Å². The summed E-state index contributed by atoms with van der Waals surface area (Å²) >= 11 is 0. The maximum Gasteiger partial charge on any atom is 0.188 e. The van der Waals surface area contributed by atoms with Crippen LogP contribution in [0.4, 0.5) is 0 Å². The zero-order chi connectivity index (χ0) is 7.28. The normalized spacial score (nSPS) is 9.11. The average Bonchev–Trinajstić information content (AvgIpc) is 1.82. The number of nitrogens with zero attached hydrogens (tertiary/aromatic N) is 1. The van der Waals surface area contributed by atoms with Gasteiger partial charge in [-0.2, -0.15) is 0 Å². The molecule has 0 saturated carbocycles. The summed E-state index contributed by atoms with van der Waals surface area (Å²) in [5.74, 6) is 0.180. The van der Waals surface area contributed by atoms with Crippen LogP contribution in [0, 0.1) is 5.41 Å². The second kappa shape index (κ2) is 4.18. The van der Waals surface area contributed by atoms with Gasteiger partial charge in [-0.15, -0.1) is 0 Å². The van der Waals surface area contributed by atoms with Crippen molar-refractivity contribution >= 4 is 5.96 Å². The molecule has 0 rings (SSSR count). The van der Waals surface area contributed by atoms with Crippen LogP contribution in [0.2, 0.25) is 0 Å². The molecule has 0 aromatic heterocycles. The Morgan fingerprint density at radius 1 is 1.56 bits per heavy atom. The van der Waals surface area contributed by atoms with Gasteiger partial charge in [-0.25, -0.2) is 0 Å². The van der Waals surface area contributed by atoms with Crippen LogP contribution in [0.3, 0.4) is 0 Å². The van der Waals surface area contributed by atoms with Crippen molar-refractivity contribution in [2.45, 2.75) is 20.3 Å². The van der Waals surface area contributed by atoms with Gasteiger partial charge in [0.25, 0.3) is 0 Å². The molecule has 0 aromatic carbocycles. The molecule has 0 saturated heterocycles. The lowest BCUT2D eigenvalue weighted by molar-refractivity contribution is 0.432. The molecule has 0 aromatic rings. The summed E-state index contributed by atoms with van der Waals surface area (Å²) in [6.45, 7) is 5.80. The predicted octanol–water partition coefficient (Wildman–Crippen LogP) is 0.612. The lowest BCUT2D eigenvalue weighted by Crippen LogP contribution is -2.36. The van der Waals surface area contributed by atoms with Crippen LogP contribution in [-0.2, 0) is 0 Å². The van der Waals surface area contributed by atoms with Gasteiger partial charge in [-0.1, -0.05) is 6.92 Å². The van der Waals surface area contributed by atoms with E-state index in [0.29, 0.717) is 0 Å². The third kappa shape index (κ3) is 2.95. The number of nitrogens with one attached hydrogen (secondary N) is 1. The standard InChI is InChI=1S/C6H15N3/c1-3-5-9(4-2)6(7)8/h3-5H2,1-2H3,(H3,7,8). The van der Waals surface area contributed by atoms with Gasteiger partial charge in [0.1, 0.15) is 0 Å². The van der Waals surface area contributed by atoms with Gasteiger partial charge < -0.3 is 10.6 Å². The minimum atomic E-state index is 0.180. The first-order valence-corrected chi connectivity index (χ1v) is 3.31. The highest BCUT2D eigenvalue weighted by Gasteiger charge is 1.98. The molecule has 0 heterocycles. The van der Waals surface area contributed by atoms with Crippen molar-refractivity contribution in [3.8, 4) is 0 Å². The largest absolute Gasteiger partial charge is 0.370 e. The van der Waals surface area contributed by atoms with Gasteiger partial charge in [0.2, 0.25) is 0 Å². The Kier molecular flexibility index (Phi) is 3.84. The molecule has 0 spiro atoms. The Balaban J connectivity index is 3.54. The second-order valence-corrected chi connectivity index (χ2v) is 1.96. The van der Waals surface area contributed by atoms with Crippen LogP contribution in [-0.4, -0.2) is 23.9 Å². The zero-order valence-corrected chi connectivity index (χ0v) is 6.15. The van der Waals surface area contributed by atoms with E-state index in [0.717, 1.165) is 19.5 Å². The van der Waals surface area contributed by atoms with E-state index in [1.54, 1.807) is 0 Å². The molecule has 0 aliphatic carbocycles. The average molecular weight is 129 g/mol. The molecule has 0 aliphatic heterocycles. The van der Waals surface area contributed by atoms with Gasteiger partial charge in [-0.3, -0.25) is 5.41 Å². The first-order valence-electron chi connectivity index (χ1n) is 3.31. The molecule has 0 unspecified atom stereocenters. The Morgan fingerprint density at radius 2 is 2.11 bits per heavy atom. The first kappa shape index (κ1) is 8.27. The van der Waals surface area contributed by atoms with E-state index < -0.39 is 0 Å².